The number of benzene rings is 1. The summed E-state index contributed by atoms with van der Waals surface area (Å²) in [4.78, 5) is 12.3. The summed E-state index contributed by atoms with van der Waals surface area (Å²) in [6.07, 6.45) is 0. The first-order valence-corrected chi connectivity index (χ1v) is 10.3. The molecule has 0 aliphatic heterocycles. The van der Waals surface area contributed by atoms with E-state index in [1.807, 2.05) is 0 Å². The fourth-order valence-electron chi connectivity index (χ4n) is 1.84. The Kier molecular flexibility index (Phi) is 6.80. The molecule has 0 spiro atoms. The van der Waals surface area contributed by atoms with Crippen molar-refractivity contribution in [1.29, 1.82) is 0 Å². The van der Waals surface area contributed by atoms with Gasteiger partial charge in [0.25, 0.3) is 15.8 Å². The van der Waals surface area contributed by atoms with Crippen LogP contribution in [0, 0.1) is 0 Å². The van der Waals surface area contributed by atoms with Crippen molar-refractivity contribution in [3.05, 3.63) is 40.7 Å². The fourth-order valence-corrected chi connectivity index (χ4v) is 5.25. The van der Waals surface area contributed by atoms with Crippen molar-refractivity contribution in [3.8, 4) is 0 Å². The van der Waals surface area contributed by atoms with Crippen molar-refractivity contribution in [2.75, 3.05) is 18.9 Å². The molecule has 0 saturated heterocycles. The minimum atomic E-state index is -3.85. The third-order valence-corrected chi connectivity index (χ3v) is 7.25. The van der Waals surface area contributed by atoms with Gasteiger partial charge in [-0.15, -0.1) is 11.3 Å². The molecule has 0 unspecified atom stereocenters. The zero-order chi connectivity index (χ0) is 18.6. The lowest BCUT2D eigenvalue weighted by atomic mass is 10.3. The lowest BCUT2D eigenvalue weighted by molar-refractivity contribution is -0.116. The molecule has 0 fully saturated rings. The van der Waals surface area contributed by atoms with Gasteiger partial charge in [-0.1, -0.05) is 35.5 Å². The van der Waals surface area contributed by atoms with Gasteiger partial charge in [0.05, 0.1) is 16.6 Å². The zero-order valence-electron chi connectivity index (χ0n) is 12.8. The van der Waals surface area contributed by atoms with E-state index in [0.29, 0.717) is 16.1 Å². The van der Waals surface area contributed by atoms with Crippen molar-refractivity contribution in [2.45, 2.75) is 14.9 Å². The molecule has 1 N–H and O–H groups in total. The molecule has 1 amide bonds. The van der Waals surface area contributed by atoms with E-state index in [0.717, 1.165) is 15.6 Å². The van der Waals surface area contributed by atoms with Crippen molar-refractivity contribution in [2.24, 2.45) is 0 Å². The average Bonchev–Trinajstić information content (AvgIpc) is 2.96. The van der Waals surface area contributed by atoms with E-state index in [1.54, 1.807) is 12.1 Å². The van der Waals surface area contributed by atoms with Crippen LogP contribution < -0.4 is 5.32 Å². The highest BCUT2D eigenvalue weighted by molar-refractivity contribution is 7.99. The number of thiophene rings is 1. The van der Waals surface area contributed by atoms with Crippen LogP contribution in [0.25, 0.3) is 0 Å². The number of para-hydroxylation sites is 1. The van der Waals surface area contributed by atoms with Gasteiger partial charge in [-0.3, -0.25) is 4.79 Å². The van der Waals surface area contributed by atoms with E-state index in [2.05, 4.69) is 5.32 Å². The van der Waals surface area contributed by atoms with E-state index in [1.165, 1.54) is 31.3 Å². The van der Waals surface area contributed by atoms with Crippen LogP contribution in [0.4, 0.5) is 14.5 Å². The number of carbonyl (C=O) groups excluding carboxylic acids is 1. The number of likely N-dealkylation sites (N-methyl/N-ethyl adjacent to an activating group) is 1. The third-order valence-electron chi connectivity index (χ3n) is 2.96. The number of halogens is 3. The molecule has 0 saturated carbocycles. The number of hydrogen-bond acceptors (Lipinski definition) is 5. The van der Waals surface area contributed by atoms with E-state index >= 15 is 0 Å². The maximum absolute atomic E-state index is 12.5. The lowest BCUT2D eigenvalue weighted by Crippen LogP contribution is -2.34. The van der Waals surface area contributed by atoms with Crippen molar-refractivity contribution >= 4 is 56.3 Å². The number of anilines is 1. The summed E-state index contributed by atoms with van der Waals surface area (Å²) in [6, 6.07) is 8.86. The molecule has 1 aromatic carbocycles. The van der Waals surface area contributed by atoms with Crippen molar-refractivity contribution < 1.29 is 22.0 Å². The van der Waals surface area contributed by atoms with Crippen LogP contribution >= 0.6 is 34.7 Å². The first-order valence-electron chi connectivity index (χ1n) is 6.75. The highest BCUT2D eigenvalue weighted by atomic mass is 35.5. The number of alkyl halides is 2. The van der Waals surface area contributed by atoms with E-state index in [-0.39, 0.29) is 14.8 Å². The van der Waals surface area contributed by atoms with Crippen LogP contribution in [0.2, 0.25) is 4.34 Å². The minimum absolute atomic E-state index is 0.0152. The lowest BCUT2D eigenvalue weighted by Gasteiger charge is -2.16. The van der Waals surface area contributed by atoms with Gasteiger partial charge in [0.1, 0.15) is 4.21 Å². The van der Waals surface area contributed by atoms with Gasteiger partial charge in [0, 0.05) is 11.9 Å². The maximum Gasteiger partial charge on any atom is 0.288 e. The van der Waals surface area contributed by atoms with Gasteiger partial charge >= 0.3 is 0 Å². The summed E-state index contributed by atoms with van der Waals surface area (Å²) >= 11 is 6.91. The molecule has 0 atom stereocenters. The number of hydrogen-bond donors (Lipinski definition) is 1. The Morgan fingerprint density at radius 2 is 2.00 bits per heavy atom. The zero-order valence-corrected chi connectivity index (χ0v) is 16.0. The first-order chi connectivity index (χ1) is 11.7. The molecular weight excluding hydrogens is 414 g/mol. The number of sulfonamides is 1. The Morgan fingerprint density at radius 3 is 2.60 bits per heavy atom. The monoisotopic (exact) mass is 426 g/mol. The topological polar surface area (TPSA) is 66.5 Å². The molecule has 1 aromatic heterocycles. The van der Waals surface area contributed by atoms with Gasteiger partial charge in [-0.2, -0.15) is 13.1 Å². The second-order valence-electron chi connectivity index (χ2n) is 4.74. The number of nitrogens with zero attached hydrogens (tertiary/aromatic N) is 1. The summed E-state index contributed by atoms with van der Waals surface area (Å²) in [5, 5.41) is 2.45. The molecule has 1 heterocycles. The van der Waals surface area contributed by atoms with Gasteiger partial charge in [-0.25, -0.2) is 8.42 Å². The second kappa shape index (κ2) is 8.45. The van der Waals surface area contributed by atoms with Crippen molar-refractivity contribution in [3.63, 3.8) is 0 Å². The fraction of sp³-hybridized carbons (Fsp3) is 0.214. The standard InChI is InChI=1S/C14H13ClF2N2O3S3/c1-19(25(21,22)13-7-6-11(15)24-13)8-12(20)18-9-4-2-3-5-10(9)23-14(16)17/h2-7,14H,8H2,1H3,(H,18,20). The highest BCUT2D eigenvalue weighted by Gasteiger charge is 2.25. The smallest absolute Gasteiger partial charge is 0.288 e. The second-order valence-corrected chi connectivity index (χ2v) is 9.76. The normalized spacial score (nSPS) is 11.9. The predicted octanol–water partition coefficient (Wildman–Crippen LogP) is 3.98. The Morgan fingerprint density at radius 1 is 1.32 bits per heavy atom. The van der Waals surface area contributed by atoms with E-state index in [9.17, 15) is 22.0 Å². The summed E-state index contributed by atoms with van der Waals surface area (Å²) in [7, 11) is -2.60. The molecule has 136 valence electrons. The number of carbonyl (C=O) groups is 1. The maximum atomic E-state index is 12.5. The Bertz CT molecular complexity index is 859. The van der Waals surface area contributed by atoms with Crippen LogP contribution in [0.5, 0.6) is 0 Å². The summed E-state index contributed by atoms with van der Waals surface area (Å²) in [6.45, 7) is -0.467. The highest BCUT2D eigenvalue weighted by Crippen LogP contribution is 2.32. The molecule has 5 nitrogen and oxygen atoms in total. The summed E-state index contributed by atoms with van der Waals surface area (Å²) in [5.74, 6) is -3.28. The van der Waals surface area contributed by atoms with Gasteiger partial charge in [-0.05, 0) is 24.3 Å². The van der Waals surface area contributed by atoms with Gasteiger partial charge in [0.2, 0.25) is 5.91 Å². The first kappa shape index (κ1) is 20.1. The predicted molar refractivity (Wildman–Crippen MR) is 96.1 cm³/mol. The molecule has 25 heavy (non-hydrogen) atoms. The molecule has 0 radical (unpaired) electrons. The molecular formula is C14H13ClF2N2O3S3. The molecule has 2 aromatic rings. The molecule has 0 aliphatic carbocycles. The Balaban J connectivity index is 2.08. The molecule has 0 aliphatic rings. The Labute approximate surface area is 157 Å². The minimum Gasteiger partial charge on any atom is -0.324 e. The molecule has 0 bridgehead atoms. The van der Waals surface area contributed by atoms with Crippen LogP contribution in [-0.2, 0) is 14.8 Å². The summed E-state index contributed by atoms with van der Waals surface area (Å²) < 4.78 is 51.0. The van der Waals surface area contributed by atoms with Crippen LogP contribution in [0.1, 0.15) is 0 Å². The van der Waals surface area contributed by atoms with Gasteiger partial charge < -0.3 is 5.32 Å². The van der Waals surface area contributed by atoms with Crippen LogP contribution in [-0.4, -0.2) is 38.0 Å². The number of rotatable bonds is 7. The number of amides is 1. The largest absolute Gasteiger partial charge is 0.324 e. The van der Waals surface area contributed by atoms with Crippen molar-refractivity contribution in [1.82, 2.24) is 4.31 Å². The third kappa shape index (κ3) is 5.38. The van der Waals surface area contributed by atoms with Gasteiger partial charge in [0.15, 0.2) is 0 Å². The summed E-state index contributed by atoms with van der Waals surface area (Å²) in [5.41, 5.74) is 0.197. The van der Waals surface area contributed by atoms with E-state index in [4.69, 9.17) is 11.6 Å². The quantitative estimate of drug-likeness (QED) is 0.680. The molecule has 11 heteroatoms. The SMILES string of the molecule is CN(CC(=O)Nc1ccccc1SC(F)F)S(=O)(=O)c1ccc(Cl)s1. The van der Waals surface area contributed by atoms with Crippen LogP contribution in [0.15, 0.2) is 45.5 Å². The number of thioether (sulfide) groups is 1. The Hall–Kier alpha value is -1.20. The average molecular weight is 427 g/mol. The number of nitrogens with one attached hydrogen (secondary N) is 1. The van der Waals surface area contributed by atoms with Crippen LogP contribution in [0.3, 0.4) is 0 Å². The molecule has 2 rings (SSSR count). The van der Waals surface area contributed by atoms with E-state index < -0.39 is 28.2 Å².